The number of allylic oxidation sites excluding steroid dienone is 8. The molecule has 2 spiro atoms. The Morgan fingerprint density at radius 2 is 1.18 bits per heavy atom. The lowest BCUT2D eigenvalue weighted by molar-refractivity contribution is 0.282. The van der Waals surface area contributed by atoms with Gasteiger partial charge in [0, 0.05) is 22.7 Å². The second kappa shape index (κ2) is 5.80. The fourth-order valence-corrected chi connectivity index (χ4v) is 15.7. The van der Waals surface area contributed by atoms with Crippen LogP contribution in [0, 0.1) is 19.3 Å². The Hall–Kier alpha value is -5.46. The third-order valence-corrected chi connectivity index (χ3v) is 16.9. The highest BCUT2D eigenvalue weighted by molar-refractivity contribution is 6.58. The van der Waals surface area contributed by atoms with E-state index in [0.29, 0.717) is 11.8 Å². The number of benzene rings is 7. The average Bonchev–Trinajstić information content (AvgIpc) is 3.93. The molecule has 0 nitrogen and oxygen atoms in total. The first kappa shape index (κ1) is 22.3. The number of fused-ring (bicyclic) bond motifs is 4. The van der Waals surface area contributed by atoms with Gasteiger partial charge >= 0.3 is 0 Å². The van der Waals surface area contributed by atoms with Crippen molar-refractivity contribution in [2.75, 3.05) is 0 Å². The van der Waals surface area contributed by atoms with Crippen LogP contribution >= 0.6 is 0 Å². The normalized spacial score (nSPS) is 28.2. The molecule has 18 rings (SSSR count). The van der Waals surface area contributed by atoms with Crippen molar-refractivity contribution in [1.29, 1.82) is 0 Å². The van der Waals surface area contributed by atoms with E-state index in [4.69, 9.17) is 0 Å². The Balaban J connectivity index is 1.27. The van der Waals surface area contributed by atoms with Crippen LogP contribution in [-0.4, -0.2) is 0 Å². The molecule has 4 atom stereocenters. The summed E-state index contributed by atoms with van der Waals surface area (Å²) in [4.78, 5) is 0. The molecular weight excluding hydrogens is 601 g/mol. The van der Waals surface area contributed by atoms with Crippen LogP contribution < -0.4 is 5.22 Å². The highest BCUT2D eigenvalue weighted by Gasteiger charge is 2.70. The van der Waals surface area contributed by atoms with Crippen molar-refractivity contribution in [3.05, 3.63) is 139 Å². The van der Waals surface area contributed by atoms with E-state index < -0.39 is 0 Å². The Bertz CT molecular complexity index is 3770. The molecule has 0 aliphatic heterocycles. The number of rotatable bonds is 0. The van der Waals surface area contributed by atoms with E-state index in [1.807, 2.05) is 0 Å². The first-order chi connectivity index (χ1) is 24.6. The summed E-state index contributed by atoms with van der Waals surface area (Å²) in [6.07, 6.45) is 12.7. The van der Waals surface area contributed by atoms with Crippen LogP contribution in [0.1, 0.15) is 56.3 Å². The summed E-state index contributed by atoms with van der Waals surface area (Å²) in [5, 5.41) is 26.7. The maximum absolute atomic E-state index is 2.64. The summed E-state index contributed by atoms with van der Waals surface area (Å²) in [6, 6.07) is 20.3. The molecule has 8 aliphatic carbocycles. The lowest BCUT2D eigenvalue weighted by Gasteiger charge is -2.59. The standard InChI is InChI=1S/C50H24/c1-17-13-19-15-49-29-11-12-30-28-10-8-26-24-6-4-22-21-3-5-23-25-7-9-27(29)37-35(25)40-33(23)31(21)39-32(22)34(24)41-36(26)38(28)48(50(30,49)16-20(19)14-18(17)2)46-44(41)42(39)43(40)45(46)47(37)49/h3-14,25,35H,15-16H2,1-2H3. The van der Waals surface area contributed by atoms with E-state index in [1.54, 1.807) is 126 Å². The highest BCUT2D eigenvalue weighted by atomic mass is 14.7. The Labute approximate surface area is 285 Å². The molecule has 0 fully saturated rings. The van der Waals surface area contributed by atoms with Crippen LogP contribution in [0.4, 0.5) is 0 Å². The van der Waals surface area contributed by atoms with Crippen molar-refractivity contribution in [2.24, 2.45) is 5.41 Å². The van der Waals surface area contributed by atoms with E-state index in [-0.39, 0.29) is 10.8 Å². The summed E-state index contributed by atoms with van der Waals surface area (Å²) in [7, 11) is 0. The van der Waals surface area contributed by atoms with E-state index in [0.717, 1.165) is 12.8 Å². The zero-order chi connectivity index (χ0) is 31.4. The predicted molar refractivity (Wildman–Crippen MR) is 206 cm³/mol. The summed E-state index contributed by atoms with van der Waals surface area (Å²) in [5.74, 6) is 0.841. The lowest BCUT2D eigenvalue weighted by Crippen LogP contribution is -2.55. The van der Waals surface area contributed by atoms with E-state index in [1.165, 1.54) is 37.9 Å². The first-order valence-electron chi connectivity index (χ1n) is 18.9. The highest BCUT2D eigenvalue weighted by Crippen LogP contribution is 2.81. The van der Waals surface area contributed by atoms with Crippen molar-refractivity contribution < 1.29 is 0 Å². The molecule has 0 saturated heterocycles. The molecule has 224 valence electrons. The minimum Gasteiger partial charge on any atom is -0.0754 e. The SMILES string of the molecule is Cc1cc2c(cc1C)CC13C4=c5ccc6c7ccc8c9ccc%10c%11c%12c%13c(c%14c1c5c6c1c%14c%13c(c%119)c8c71)C1=C5C(=C(C=C4)C13C2)C=CC%10C5%12. The monoisotopic (exact) mass is 624 g/mol. The largest absolute Gasteiger partial charge is 0.0754 e. The second-order valence-electron chi connectivity index (χ2n) is 17.8. The number of hydrogen-bond donors (Lipinski definition) is 0. The molecule has 0 heteroatoms. The van der Waals surface area contributed by atoms with Gasteiger partial charge in [-0.15, -0.1) is 0 Å². The molecule has 10 aromatic carbocycles. The van der Waals surface area contributed by atoms with Gasteiger partial charge in [0.15, 0.2) is 0 Å². The van der Waals surface area contributed by atoms with Gasteiger partial charge in [-0.3, -0.25) is 0 Å². The third kappa shape index (κ3) is 1.54. The van der Waals surface area contributed by atoms with Gasteiger partial charge in [-0.05, 0) is 190 Å². The summed E-state index contributed by atoms with van der Waals surface area (Å²) >= 11 is 0. The molecular formula is C50H24. The minimum absolute atomic E-state index is 0.0839. The summed E-state index contributed by atoms with van der Waals surface area (Å²) < 4.78 is 0. The first-order valence-corrected chi connectivity index (χ1v) is 18.9. The average molecular weight is 625 g/mol. The van der Waals surface area contributed by atoms with Crippen LogP contribution in [0.5, 0.6) is 0 Å². The molecule has 0 amide bonds. The minimum atomic E-state index is -0.0955. The molecule has 50 heavy (non-hydrogen) atoms. The maximum Gasteiger partial charge on any atom is 0.0402 e. The fraction of sp³-hybridized carbons (Fsp3) is 0.160. The molecule has 4 unspecified atom stereocenters. The second-order valence-corrected chi connectivity index (χ2v) is 17.8. The zero-order valence-electron chi connectivity index (χ0n) is 27.5. The Kier molecular flexibility index (Phi) is 2.59. The van der Waals surface area contributed by atoms with Crippen molar-refractivity contribution >= 4 is 97.3 Å². The predicted octanol–water partition coefficient (Wildman–Crippen LogP) is 11.0. The van der Waals surface area contributed by atoms with Crippen LogP contribution in [0.15, 0.2) is 89.6 Å². The van der Waals surface area contributed by atoms with E-state index in [2.05, 4.69) is 86.7 Å². The Morgan fingerprint density at radius 1 is 0.560 bits per heavy atom. The third-order valence-electron chi connectivity index (χ3n) is 16.9. The van der Waals surface area contributed by atoms with Gasteiger partial charge in [-0.1, -0.05) is 72.8 Å². The van der Waals surface area contributed by atoms with Crippen LogP contribution in [-0.2, 0) is 18.3 Å². The van der Waals surface area contributed by atoms with E-state index in [9.17, 15) is 0 Å². The summed E-state index contributed by atoms with van der Waals surface area (Å²) in [6.45, 7) is 4.67. The molecule has 0 N–H and O–H groups in total. The molecule has 0 saturated carbocycles. The maximum atomic E-state index is 2.64. The van der Waals surface area contributed by atoms with Crippen LogP contribution in [0.25, 0.3) is 97.3 Å². The van der Waals surface area contributed by atoms with E-state index >= 15 is 0 Å². The molecule has 0 radical (unpaired) electrons. The number of hydrogen-bond acceptors (Lipinski definition) is 0. The van der Waals surface area contributed by atoms with Gasteiger partial charge in [-0.25, -0.2) is 0 Å². The van der Waals surface area contributed by atoms with Gasteiger partial charge in [-0.2, -0.15) is 0 Å². The van der Waals surface area contributed by atoms with Crippen molar-refractivity contribution in [3.8, 4) is 0 Å². The van der Waals surface area contributed by atoms with Crippen molar-refractivity contribution in [3.63, 3.8) is 0 Å². The molecule has 8 aliphatic rings. The molecule has 0 aromatic heterocycles. The molecule has 10 aromatic rings. The van der Waals surface area contributed by atoms with Crippen LogP contribution in [0.3, 0.4) is 0 Å². The van der Waals surface area contributed by atoms with Gasteiger partial charge < -0.3 is 0 Å². The Morgan fingerprint density at radius 3 is 1.96 bits per heavy atom. The van der Waals surface area contributed by atoms with Gasteiger partial charge in [0.25, 0.3) is 0 Å². The zero-order valence-corrected chi connectivity index (χ0v) is 27.5. The topological polar surface area (TPSA) is 0 Å². The van der Waals surface area contributed by atoms with Gasteiger partial charge in [0.1, 0.15) is 0 Å². The van der Waals surface area contributed by atoms with Gasteiger partial charge in [0.2, 0.25) is 0 Å². The quantitative estimate of drug-likeness (QED) is 0.147. The smallest absolute Gasteiger partial charge is 0.0402 e. The summed E-state index contributed by atoms with van der Waals surface area (Å²) in [5.41, 5.74) is 20.9. The molecule has 0 bridgehead atoms. The molecule has 0 heterocycles. The van der Waals surface area contributed by atoms with Crippen molar-refractivity contribution in [2.45, 2.75) is 43.9 Å². The van der Waals surface area contributed by atoms with Gasteiger partial charge in [0.05, 0.1) is 0 Å². The van der Waals surface area contributed by atoms with Crippen LogP contribution in [0.2, 0.25) is 0 Å². The number of aryl methyl sites for hydroxylation is 2. The fourth-order valence-electron chi connectivity index (χ4n) is 15.7. The van der Waals surface area contributed by atoms with Crippen molar-refractivity contribution in [1.82, 2.24) is 0 Å². The lowest BCUT2D eigenvalue weighted by atomic mass is 9.42.